The van der Waals surface area contributed by atoms with Crippen LogP contribution in [0.2, 0.25) is 0 Å². The molecule has 0 aliphatic rings. The van der Waals surface area contributed by atoms with E-state index in [4.69, 9.17) is 5.26 Å². The van der Waals surface area contributed by atoms with Gasteiger partial charge in [-0.05, 0) is 42.8 Å². The predicted octanol–water partition coefficient (Wildman–Crippen LogP) is 4.29. The van der Waals surface area contributed by atoms with E-state index in [1.54, 1.807) is 32.2 Å². The number of carbonyl (C=O) groups is 2. The van der Waals surface area contributed by atoms with Gasteiger partial charge >= 0.3 is 5.97 Å². The standard InChI is InChI=1S/C15H11FN2O.C5H11NO3.C2H6/c1-10-2-5-14(13(16)6-10)18-15-7-11(8-17)3-4-12(15)9-19;1-6-9-4-3-5(7)8-2;1-2/h2-7,9,18H,1H3;6H,3-4H2,1-2H3;1-2H3. The molecule has 0 aliphatic heterocycles. The first kappa shape index (κ1) is 26.7. The minimum absolute atomic E-state index is 0.259. The maximum Gasteiger partial charge on any atom is 0.307 e. The Hall–Kier alpha value is -3.28. The predicted molar refractivity (Wildman–Crippen MR) is 114 cm³/mol. The minimum atomic E-state index is -0.404. The number of hydrogen-bond acceptors (Lipinski definition) is 7. The monoisotopic (exact) mass is 417 g/mol. The fourth-order valence-corrected chi connectivity index (χ4v) is 2.04. The quantitative estimate of drug-likeness (QED) is 0.300. The number of nitrogens with one attached hydrogen (secondary N) is 2. The molecular weight excluding hydrogens is 389 g/mol. The second kappa shape index (κ2) is 15.6. The number of hydrogen-bond donors (Lipinski definition) is 2. The number of esters is 1. The van der Waals surface area contributed by atoms with Gasteiger partial charge in [-0.3, -0.25) is 9.59 Å². The summed E-state index contributed by atoms with van der Waals surface area (Å²) in [5.41, 5.74) is 4.71. The van der Waals surface area contributed by atoms with Crippen LogP contribution >= 0.6 is 0 Å². The van der Waals surface area contributed by atoms with Crippen LogP contribution in [0.5, 0.6) is 0 Å². The van der Waals surface area contributed by atoms with Gasteiger partial charge in [-0.2, -0.15) is 5.26 Å². The second-order valence-corrected chi connectivity index (χ2v) is 5.52. The molecule has 0 atom stereocenters. The molecule has 0 heterocycles. The van der Waals surface area contributed by atoms with Crippen molar-refractivity contribution in [2.24, 2.45) is 0 Å². The zero-order valence-electron chi connectivity index (χ0n) is 17.9. The lowest BCUT2D eigenvalue weighted by Gasteiger charge is -2.10. The molecule has 0 spiro atoms. The highest BCUT2D eigenvalue weighted by Crippen LogP contribution is 2.24. The van der Waals surface area contributed by atoms with Gasteiger partial charge in [0.15, 0.2) is 6.29 Å². The topological polar surface area (TPSA) is 100 Å². The van der Waals surface area contributed by atoms with Gasteiger partial charge in [-0.1, -0.05) is 19.9 Å². The van der Waals surface area contributed by atoms with Gasteiger partial charge < -0.3 is 14.9 Å². The zero-order valence-corrected chi connectivity index (χ0v) is 17.9. The molecule has 2 rings (SSSR count). The van der Waals surface area contributed by atoms with E-state index < -0.39 is 5.82 Å². The SMILES string of the molecule is CC.CNOCCC(=O)OC.Cc1ccc(Nc2cc(C#N)ccc2C=O)c(F)c1. The summed E-state index contributed by atoms with van der Waals surface area (Å²) >= 11 is 0. The van der Waals surface area contributed by atoms with Crippen LogP contribution in [-0.2, 0) is 14.4 Å². The number of aldehydes is 1. The summed E-state index contributed by atoms with van der Waals surface area (Å²) < 4.78 is 18.1. The summed E-state index contributed by atoms with van der Waals surface area (Å²) in [6.45, 7) is 6.14. The smallest absolute Gasteiger partial charge is 0.307 e. The molecule has 0 unspecified atom stereocenters. The molecule has 162 valence electrons. The van der Waals surface area contributed by atoms with Gasteiger partial charge in [0.05, 0.1) is 43.1 Å². The van der Waals surface area contributed by atoms with E-state index in [0.29, 0.717) is 29.7 Å². The van der Waals surface area contributed by atoms with Crippen LogP contribution in [-0.4, -0.2) is 33.0 Å². The van der Waals surface area contributed by atoms with Crippen LogP contribution in [0.4, 0.5) is 15.8 Å². The van der Waals surface area contributed by atoms with E-state index in [-0.39, 0.29) is 18.1 Å². The number of carbonyl (C=O) groups excluding carboxylic acids is 2. The zero-order chi connectivity index (χ0) is 22.9. The van der Waals surface area contributed by atoms with Crippen LogP contribution < -0.4 is 10.8 Å². The van der Waals surface area contributed by atoms with Gasteiger partial charge in [0.2, 0.25) is 0 Å². The largest absolute Gasteiger partial charge is 0.469 e. The number of methoxy groups -OCH3 is 1. The van der Waals surface area contributed by atoms with Gasteiger partial charge in [0.25, 0.3) is 0 Å². The summed E-state index contributed by atoms with van der Waals surface area (Å²) in [6, 6.07) is 11.3. The number of hydroxylamine groups is 1. The van der Waals surface area contributed by atoms with Crippen molar-refractivity contribution in [3.05, 3.63) is 58.9 Å². The Bertz CT molecular complexity index is 851. The maximum absolute atomic E-state index is 13.7. The maximum atomic E-state index is 13.7. The molecule has 0 aliphatic carbocycles. The van der Waals surface area contributed by atoms with E-state index in [9.17, 15) is 14.0 Å². The Balaban J connectivity index is 0.000000648. The van der Waals surface area contributed by atoms with E-state index in [2.05, 4.69) is 20.4 Å². The third kappa shape index (κ3) is 9.78. The number of halogens is 1. The van der Waals surface area contributed by atoms with Crippen LogP contribution in [0.25, 0.3) is 0 Å². The third-order valence-corrected chi connectivity index (χ3v) is 3.48. The van der Waals surface area contributed by atoms with Crippen molar-refractivity contribution in [1.82, 2.24) is 5.48 Å². The number of rotatable bonds is 7. The van der Waals surface area contributed by atoms with Crippen LogP contribution in [0, 0.1) is 24.1 Å². The summed E-state index contributed by atoms with van der Waals surface area (Å²) in [5.74, 6) is -0.663. The first-order valence-corrected chi connectivity index (χ1v) is 9.33. The summed E-state index contributed by atoms with van der Waals surface area (Å²) in [6.07, 6.45) is 0.951. The van der Waals surface area contributed by atoms with E-state index in [0.717, 1.165) is 5.56 Å². The van der Waals surface area contributed by atoms with Crippen molar-refractivity contribution >= 4 is 23.6 Å². The Labute approximate surface area is 176 Å². The molecule has 0 radical (unpaired) electrons. The Morgan fingerprint density at radius 3 is 2.43 bits per heavy atom. The fraction of sp³-hybridized carbons (Fsp3) is 0.318. The van der Waals surface area contributed by atoms with E-state index >= 15 is 0 Å². The first-order chi connectivity index (χ1) is 14.4. The molecule has 0 saturated carbocycles. The average Bonchev–Trinajstić information content (AvgIpc) is 2.77. The first-order valence-electron chi connectivity index (χ1n) is 9.33. The Kier molecular flexibility index (Phi) is 13.9. The number of nitrogens with zero attached hydrogens (tertiary/aromatic N) is 1. The summed E-state index contributed by atoms with van der Waals surface area (Å²) in [4.78, 5) is 26.0. The van der Waals surface area contributed by atoms with Crippen molar-refractivity contribution < 1.29 is 23.6 Å². The molecule has 0 fully saturated rings. The third-order valence-electron chi connectivity index (χ3n) is 3.48. The van der Waals surface area contributed by atoms with Crippen LogP contribution in [0.15, 0.2) is 36.4 Å². The van der Waals surface area contributed by atoms with Gasteiger partial charge in [0, 0.05) is 12.6 Å². The highest BCUT2D eigenvalue weighted by atomic mass is 19.1. The van der Waals surface area contributed by atoms with Crippen LogP contribution in [0.3, 0.4) is 0 Å². The molecule has 0 amide bonds. The summed E-state index contributed by atoms with van der Waals surface area (Å²) in [7, 11) is 2.99. The molecule has 0 aromatic heterocycles. The Morgan fingerprint density at radius 1 is 1.20 bits per heavy atom. The lowest BCUT2D eigenvalue weighted by molar-refractivity contribution is -0.142. The highest BCUT2D eigenvalue weighted by molar-refractivity contribution is 5.86. The normalized spacial score (nSPS) is 9.10. The minimum Gasteiger partial charge on any atom is -0.469 e. The van der Waals surface area contributed by atoms with Crippen molar-refractivity contribution in [2.75, 3.05) is 26.1 Å². The summed E-state index contributed by atoms with van der Waals surface area (Å²) in [5, 5.41) is 11.7. The molecule has 30 heavy (non-hydrogen) atoms. The molecule has 2 N–H and O–H groups in total. The fourth-order valence-electron chi connectivity index (χ4n) is 2.04. The van der Waals surface area contributed by atoms with E-state index in [1.165, 1.54) is 25.3 Å². The average molecular weight is 417 g/mol. The highest BCUT2D eigenvalue weighted by Gasteiger charge is 2.07. The molecule has 2 aromatic rings. The van der Waals surface area contributed by atoms with Crippen molar-refractivity contribution in [1.29, 1.82) is 5.26 Å². The number of aryl methyl sites for hydroxylation is 1. The number of ether oxygens (including phenoxy) is 1. The van der Waals surface area contributed by atoms with Gasteiger partial charge in [-0.15, -0.1) is 0 Å². The van der Waals surface area contributed by atoms with E-state index in [1.807, 2.05) is 19.9 Å². The molecule has 7 nitrogen and oxygen atoms in total. The number of benzene rings is 2. The lowest BCUT2D eigenvalue weighted by Crippen LogP contribution is -2.12. The van der Waals surface area contributed by atoms with Crippen molar-refractivity contribution in [3.8, 4) is 6.07 Å². The van der Waals surface area contributed by atoms with Crippen LogP contribution in [0.1, 0.15) is 41.8 Å². The number of anilines is 2. The Morgan fingerprint density at radius 2 is 1.90 bits per heavy atom. The molecule has 8 heteroatoms. The molecule has 0 saturated heterocycles. The molecular formula is C22H28FN3O4. The van der Waals surface area contributed by atoms with Crippen molar-refractivity contribution in [3.63, 3.8) is 0 Å². The second-order valence-electron chi connectivity index (χ2n) is 5.52. The number of nitriles is 1. The van der Waals surface area contributed by atoms with Crippen molar-refractivity contribution in [2.45, 2.75) is 27.2 Å². The van der Waals surface area contributed by atoms with Gasteiger partial charge in [-0.25, -0.2) is 9.87 Å². The lowest BCUT2D eigenvalue weighted by atomic mass is 10.1. The molecule has 0 bridgehead atoms. The molecule has 2 aromatic carbocycles. The van der Waals surface area contributed by atoms with Gasteiger partial charge in [0.1, 0.15) is 5.82 Å².